The summed E-state index contributed by atoms with van der Waals surface area (Å²) in [4.78, 5) is 16.2. The third-order valence-corrected chi connectivity index (χ3v) is 5.68. The van der Waals surface area contributed by atoms with Crippen molar-refractivity contribution in [2.45, 2.75) is 19.3 Å². The lowest BCUT2D eigenvalue weighted by Crippen LogP contribution is -2.29. The molecule has 0 aliphatic carbocycles. The first-order valence-electron chi connectivity index (χ1n) is 10.5. The summed E-state index contributed by atoms with van der Waals surface area (Å²) in [7, 11) is 0. The summed E-state index contributed by atoms with van der Waals surface area (Å²) in [5.74, 6) is 0.561. The van der Waals surface area contributed by atoms with E-state index in [1.54, 1.807) is 12.1 Å². The van der Waals surface area contributed by atoms with Gasteiger partial charge in [0.15, 0.2) is 0 Å². The van der Waals surface area contributed by atoms with Crippen molar-refractivity contribution in [3.63, 3.8) is 0 Å². The Balaban J connectivity index is 1.57. The zero-order chi connectivity index (χ0) is 21.6. The van der Waals surface area contributed by atoms with Crippen LogP contribution < -0.4 is 10.1 Å². The number of para-hydroxylation sites is 1. The largest absolute Gasteiger partial charge is 0.494 e. The second-order valence-electron chi connectivity index (χ2n) is 7.45. The molecule has 0 saturated carbocycles. The number of benzene rings is 3. The summed E-state index contributed by atoms with van der Waals surface area (Å²) in [6.45, 7) is 3.15. The van der Waals surface area contributed by atoms with E-state index in [4.69, 9.17) is 16.3 Å². The van der Waals surface area contributed by atoms with Gasteiger partial charge in [-0.25, -0.2) is 0 Å². The molecule has 3 aromatic carbocycles. The fourth-order valence-electron chi connectivity index (χ4n) is 3.75. The van der Waals surface area contributed by atoms with E-state index in [1.165, 1.54) is 0 Å². The van der Waals surface area contributed by atoms with Crippen LogP contribution in [0.2, 0.25) is 5.02 Å². The summed E-state index contributed by atoms with van der Waals surface area (Å²) in [6.07, 6.45) is 2.95. The quantitative estimate of drug-likeness (QED) is 0.349. The minimum Gasteiger partial charge on any atom is -0.494 e. The average molecular weight is 433 g/mol. The van der Waals surface area contributed by atoms with Crippen molar-refractivity contribution < 1.29 is 9.53 Å². The van der Waals surface area contributed by atoms with Gasteiger partial charge in [0, 0.05) is 40.1 Å². The molecule has 0 spiro atoms. The van der Waals surface area contributed by atoms with Crippen molar-refractivity contribution in [2.75, 3.05) is 13.2 Å². The number of nitrogens with one attached hydrogen (secondary N) is 2. The standard InChI is InChI=1S/C26H25ClN2O2/c1-2-15-31-19-13-11-18(12-14-19)26(30)29-17-22(20-7-3-5-9-24(20)27)23-16-28-25-10-6-4-8-21(23)25/h3-14,16,22,28H,2,15,17H2,1H3,(H,29,30). The monoisotopic (exact) mass is 432 g/mol. The molecule has 0 radical (unpaired) electrons. The van der Waals surface area contributed by atoms with E-state index < -0.39 is 0 Å². The van der Waals surface area contributed by atoms with Crippen LogP contribution in [0.1, 0.15) is 40.7 Å². The van der Waals surface area contributed by atoms with Gasteiger partial charge < -0.3 is 15.0 Å². The van der Waals surface area contributed by atoms with Gasteiger partial charge in [0.2, 0.25) is 0 Å². The Morgan fingerprint density at radius 2 is 1.74 bits per heavy atom. The second-order valence-corrected chi connectivity index (χ2v) is 7.85. The number of H-pyrrole nitrogens is 1. The Labute approximate surface area is 187 Å². The highest BCUT2D eigenvalue weighted by Gasteiger charge is 2.21. The van der Waals surface area contributed by atoms with Gasteiger partial charge in [0.25, 0.3) is 5.91 Å². The predicted octanol–water partition coefficient (Wildman–Crippen LogP) is 6.17. The van der Waals surface area contributed by atoms with Crippen molar-refractivity contribution in [2.24, 2.45) is 0 Å². The highest BCUT2D eigenvalue weighted by Crippen LogP contribution is 2.34. The molecular formula is C26H25ClN2O2. The SMILES string of the molecule is CCCOc1ccc(C(=O)NCC(c2ccccc2Cl)c2c[nH]c3ccccc23)cc1. The van der Waals surface area contributed by atoms with Gasteiger partial charge in [0.05, 0.1) is 6.61 Å². The molecule has 1 unspecified atom stereocenters. The molecule has 0 bridgehead atoms. The number of halogens is 1. The van der Waals surface area contributed by atoms with Crippen molar-refractivity contribution in [3.05, 3.63) is 101 Å². The summed E-state index contributed by atoms with van der Waals surface area (Å²) in [6, 6.07) is 23.2. The van der Waals surface area contributed by atoms with E-state index in [-0.39, 0.29) is 11.8 Å². The normalized spacial score (nSPS) is 11.9. The molecule has 1 amide bonds. The van der Waals surface area contributed by atoms with E-state index in [0.29, 0.717) is 23.7 Å². The minimum absolute atomic E-state index is 0.0824. The lowest BCUT2D eigenvalue weighted by molar-refractivity contribution is 0.0952. The molecule has 4 rings (SSSR count). The fourth-order valence-corrected chi connectivity index (χ4v) is 4.01. The fraction of sp³-hybridized carbons (Fsp3) is 0.192. The number of amides is 1. The first kappa shape index (κ1) is 21.0. The van der Waals surface area contributed by atoms with Crippen molar-refractivity contribution in [1.29, 1.82) is 0 Å². The minimum atomic E-state index is -0.126. The van der Waals surface area contributed by atoms with Crippen LogP contribution in [0.4, 0.5) is 0 Å². The summed E-state index contributed by atoms with van der Waals surface area (Å²) >= 11 is 6.54. The second kappa shape index (κ2) is 9.71. The van der Waals surface area contributed by atoms with Crippen LogP contribution in [0.25, 0.3) is 10.9 Å². The molecule has 0 aliphatic heterocycles. The molecule has 1 heterocycles. The van der Waals surface area contributed by atoms with Gasteiger partial charge in [-0.15, -0.1) is 0 Å². The third kappa shape index (κ3) is 4.75. The topological polar surface area (TPSA) is 54.1 Å². The van der Waals surface area contributed by atoms with E-state index in [9.17, 15) is 4.79 Å². The van der Waals surface area contributed by atoms with E-state index in [1.807, 2.05) is 60.8 Å². The zero-order valence-corrected chi connectivity index (χ0v) is 18.2. The van der Waals surface area contributed by atoms with Gasteiger partial charge >= 0.3 is 0 Å². The number of aromatic amines is 1. The number of hydrogen-bond donors (Lipinski definition) is 2. The first-order valence-corrected chi connectivity index (χ1v) is 10.9. The molecule has 1 aromatic heterocycles. The van der Waals surface area contributed by atoms with Crippen LogP contribution in [-0.2, 0) is 0 Å². The van der Waals surface area contributed by atoms with Gasteiger partial charge in [0.1, 0.15) is 5.75 Å². The molecule has 0 saturated heterocycles. The van der Waals surface area contributed by atoms with Gasteiger partial charge in [-0.05, 0) is 53.9 Å². The molecule has 31 heavy (non-hydrogen) atoms. The van der Waals surface area contributed by atoms with Crippen molar-refractivity contribution in [3.8, 4) is 5.75 Å². The van der Waals surface area contributed by atoms with Crippen LogP contribution in [0.15, 0.2) is 79.0 Å². The Morgan fingerprint density at radius 3 is 2.52 bits per heavy atom. The highest BCUT2D eigenvalue weighted by atomic mass is 35.5. The third-order valence-electron chi connectivity index (χ3n) is 5.33. The van der Waals surface area contributed by atoms with Crippen molar-refractivity contribution in [1.82, 2.24) is 10.3 Å². The zero-order valence-electron chi connectivity index (χ0n) is 17.4. The molecule has 5 heteroatoms. The number of fused-ring (bicyclic) bond motifs is 1. The lowest BCUT2D eigenvalue weighted by atomic mass is 9.90. The molecule has 4 aromatic rings. The van der Waals surface area contributed by atoms with Crippen LogP contribution >= 0.6 is 11.6 Å². The first-order chi connectivity index (χ1) is 15.2. The molecule has 158 valence electrons. The van der Waals surface area contributed by atoms with E-state index in [2.05, 4.69) is 23.3 Å². The average Bonchev–Trinajstić information content (AvgIpc) is 3.23. The van der Waals surface area contributed by atoms with Crippen LogP contribution in [0.3, 0.4) is 0 Å². The smallest absolute Gasteiger partial charge is 0.251 e. The molecule has 2 N–H and O–H groups in total. The van der Waals surface area contributed by atoms with E-state index >= 15 is 0 Å². The summed E-state index contributed by atoms with van der Waals surface area (Å²) < 4.78 is 5.60. The van der Waals surface area contributed by atoms with Crippen LogP contribution in [0, 0.1) is 0 Å². The number of carbonyl (C=O) groups excluding carboxylic acids is 1. The molecular weight excluding hydrogens is 408 g/mol. The Hall–Kier alpha value is -3.24. The molecule has 4 nitrogen and oxygen atoms in total. The predicted molar refractivity (Wildman–Crippen MR) is 126 cm³/mol. The maximum atomic E-state index is 12.8. The Bertz CT molecular complexity index is 1170. The molecule has 1 atom stereocenters. The highest BCUT2D eigenvalue weighted by molar-refractivity contribution is 6.31. The van der Waals surface area contributed by atoms with E-state index in [0.717, 1.165) is 34.2 Å². The maximum Gasteiger partial charge on any atom is 0.251 e. The number of rotatable bonds is 8. The molecule has 0 aliphatic rings. The van der Waals surface area contributed by atoms with Gasteiger partial charge in [-0.3, -0.25) is 4.79 Å². The summed E-state index contributed by atoms with van der Waals surface area (Å²) in [5.41, 5.74) is 3.74. The van der Waals surface area contributed by atoms with Crippen molar-refractivity contribution >= 4 is 28.4 Å². The number of aromatic nitrogens is 1. The number of carbonyl (C=O) groups is 1. The van der Waals surface area contributed by atoms with Crippen LogP contribution in [0.5, 0.6) is 5.75 Å². The van der Waals surface area contributed by atoms with Crippen LogP contribution in [-0.4, -0.2) is 24.0 Å². The lowest BCUT2D eigenvalue weighted by Gasteiger charge is -2.19. The van der Waals surface area contributed by atoms with Gasteiger partial charge in [-0.2, -0.15) is 0 Å². The molecule has 0 fully saturated rings. The summed E-state index contributed by atoms with van der Waals surface area (Å²) in [5, 5.41) is 4.90. The number of hydrogen-bond acceptors (Lipinski definition) is 2. The van der Waals surface area contributed by atoms with Gasteiger partial charge in [-0.1, -0.05) is 54.9 Å². The maximum absolute atomic E-state index is 12.8. The Kier molecular flexibility index (Phi) is 6.58. The Morgan fingerprint density at radius 1 is 1.00 bits per heavy atom. The number of ether oxygens (including phenoxy) is 1.